The number of rotatable bonds is 6. The Morgan fingerprint density at radius 2 is 1.47 bits per heavy atom. The van der Waals surface area contributed by atoms with Crippen molar-refractivity contribution in [2.24, 2.45) is 5.10 Å². The molecule has 5 rings (SSSR count). The molecule has 0 saturated heterocycles. The summed E-state index contributed by atoms with van der Waals surface area (Å²) in [5.41, 5.74) is 6.00. The van der Waals surface area contributed by atoms with Crippen molar-refractivity contribution in [3.8, 4) is 17.1 Å². The molecule has 0 bridgehead atoms. The summed E-state index contributed by atoms with van der Waals surface area (Å²) in [5, 5.41) is 4.49. The lowest BCUT2D eigenvalue weighted by atomic mass is 10.1. The van der Waals surface area contributed by atoms with Crippen molar-refractivity contribution in [2.45, 2.75) is 0 Å². The van der Waals surface area contributed by atoms with Crippen LogP contribution in [0.4, 0.5) is 0 Å². The van der Waals surface area contributed by atoms with E-state index in [1.165, 1.54) is 6.21 Å². The minimum absolute atomic E-state index is 0.193. The second kappa shape index (κ2) is 9.99. The van der Waals surface area contributed by atoms with Crippen LogP contribution < -0.4 is 11.0 Å². The predicted molar refractivity (Wildman–Crippen MR) is 140 cm³/mol. The van der Waals surface area contributed by atoms with E-state index in [-0.39, 0.29) is 5.56 Å². The Morgan fingerprint density at radius 3 is 2.19 bits per heavy atom. The summed E-state index contributed by atoms with van der Waals surface area (Å²) in [6.45, 7) is 0. The molecule has 0 spiro atoms. The first-order chi connectivity index (χ1) is 17.6. The van der Waals surface area contributed by atoms with Crippen molar-refractivity contribution < 1.29 is 9.59 Å². The van der Waals surface area contributed by atoms with E-state index in [0.29, 0.717) is 33.5 Å². The van der Waals surface area contributed by atoms with Gasteiger partial charge < -0.3 is 0 Å². The lowest BCUT2D eigenvalue weighted by Gasteiger charge is -2.14. The Balaban J connectivity index is 1.44. The van der Waals surface area contributed by atoms with Crippen molar-refractivity contribution >= 4 is 29.3 Å². The Labute approximate surface area is 206 Å². The Hall–Kier alpha value is -5.17. The highest BCUT2D eigenvalue weighted by Crippen LogP contribution is 2.22. The molecule has 5 aromatic rings. The smallest absolute Gasteiger partial charge is 0.271 e. The molecule has 1 aromatic heterocycles. The van der Waals surface area contributed by atoms with E-state index in [2.05, 4.69) is 10.5 Å². The van der Waals surface area contributed by atoms with Gasteiger partial charge in [0.1, 0.15) is 12.1 Å². The largest absolute Gasteiger partial charge is 0.298 e. The van der Waals surface area contributed by atoms with Crippen LogP contribution in [0.1, 0.15) is 26.3 Å². The van der Waals surface area contributed by atoms with Crippen molar-refractivity contribution in [3.63, 3.8) is 0 Å². The van der Waals surface area contributed by atoms with Gasteiger partial charge in [0, 0.05) is 16.7 Å². The second-order valence-electron chi connectivity index (χ2n) is 7.99. The highest BCUT2D eigenvalue weighted by molar-refractivity contribution is 5.95. The van der Waals surface area contributed by atoms with Gasteiger partial charge >= 0.3 is 0 Å². The number of nitrogens with one attached hydrogen (secondary N) is 1. The molecule has 4 aromatic carbocycles. The van der Waals surface area contributed by atoms with Crippen LogP contribution in [0.25, 0.3) is 28.0 Å². The fourth-order valence-electron chi connectivity index (χ4n) is 3.81. The number of hydrogen-bond acceptors (Lipinski definition) is 5. The zero-order valence-electron chi connectivity index (χ0n) is 19.0. The maximum absolute atomic E-state index is 13.5. The number of aromatic nitrogens is 2. The summed E-state index contributed by atoms with van der Waals surface area (Å²) in [4.78, 5) is 41.5. The molecule has 36 heavy (non-hydrogen) atoms. The number of hydrazone groups is 1. The Morgan fingerprint density at radius 1 is 0.806 bits per heavy atom. The molecule has 174 valence electrons. The third kappa shape index (κ3) is 4.58. The molecule has 0 unspecified atom stereocenters. The lowest BCUT2D eigenvalue weighted by Crippen LogP contribution is -2.22. The fraction of sp³-hybridized carbons (Fsp3) is 0. The van der Waals surface area contributed by atoms with E-state index >= 15 is 0 Å². The first kappa shape index (κ1) is 22.6. The van der Waals surface area contributed by atoms with E-state index in [1.807, 2.05) is 48.5 Å². The van der Waals surface area contributed by atoms with E-state index in [0.717, 1.165) is 17.4 Å². The summed E-state index contributed by atoms with van der Waals surface area (Å²) in [6.07, 6.45) is 2.25. The van der Waals surface area contributed by atoms with Crippen LogP contribution in [0.2, 0.25) is 0 Å². The summed E-state index contributed by atoms with van der Waals surface area (Å²) >= 11 is 0. The van der Waals surface area contributed by atoms with E-state index in [1.54, 1.807) is 59.2 Å². The van der Waals surface area contributed by atoms with Crippen molar-refractivity contribution in [1.29, 1.82) is 0 Å². The van der Waals surface area contributed by atoms with Crippen LogP contribution in [0.5, 0.6) is 0 Å². The molecule has 0 fully saturated rings. The minimum atomic E-state index is -0.394. The zero-order valence-corrected chi connectivity index (χ0v) is 19.0. The molecule has 1 amide bonds. The van der Waals surface area contributed by atoms with Gasteiger partial charge in [0.2, 0.25) is 0 Å². The van der Waals surface area contributed by atoms with Crippen LogP contribution in [-0.4, -0.2) is 28.0 Å². The molecular formula is C29H20N4O3. The Bertz CT molecular complexity index is 1640. The number of hydrogen-bond donors (Lipinski definition) is 1. The van der Waals surface area contributed by atoms with E-state index in [4.69, 9.17) is 4.98 Å². The molecule has 1 heterocycles. The van der Waals surface area contributed by atoms with E-state index < -0.39 is 5.91 Å². The Kier molecular flexibility index (Phi) is 6.27. The number of nitrogens with zero attached hydrogens (tertiary/aromatic N) is 3. The van der Waals surface area contributed by atoms with Crippen LogP contribution in [-0.2, 0) is 0 Å². The van der Waals surface area contributed by atoms with E-state index in [9.17, 15) is 14.4 Å². The maximum Gasteiger partial charge on any atom is 0.271 e. The van der Waals surface area contributed by atoms with Crippen LogP contribution >= 0.6 is 0 Å². The van der Waals surface area contributed by atoms with Crippen LogP contribution in [0.3, 0.4) is 0 Å². The molecule has 0 atom stereocenters. The molecular weight excluding hydrogens is 452 g/mol. The molecule has 1 N–H and O–H groups in total. The molecule has 7 nitrogen and oxygen atoms in total. The third-order valence-electron chi connectivity index (χ3n) is 5.65. The van der Waals surface area contributed by atoms with Gasteiger partial charge in [0.15, 0.2) is 0 Å². The molecule has 0 aliphatic rings. The SMILES string of the molecule is O=Cc1ccc(/C=N\NC(=O)c2ccc(-n3c(-c4ccccc4)nc4ccccc4c3=O)cc2)cc1. The first-order valence-electron chi connectivity index (χ1n) is 11.2. The highest BCUT2D eigenvalue weighted by atomic mass is 16.2. The standard InChI is InChI=1S/C29H20N4O3/c34-19-21-12-10-20(11-13-21)18-30-32-28(35)23-14-16-24(17-15-23)33-27(22-6-2-1-3-7-22)31-26-9-5-4-8-25(26)29(33)36/h1-19H,(H,32,35)/b30-18-. The quantitative estimate of drug-likeness (QED) is 0.222. The van der Waals surface area contributed by atoms with Gasteiger partial charge in [-0.3, -0.25) is 19.0 Å². The minimum Gasteiger partial charge on any atom is -0.298 e. The summed E-state index contributed by atoms with van der Waals surface area (Å²) < 4.78 is 1.56. The summed E-state index contributed by atoms with van der Waals surface area (Å²) in [5.74, 6) is 0.122. The lowest BCUT2D eigenvalue weighted by molar-refractivity contribution is 0.0955. The van der Waals surface area contributed by atoms with Gasteiger partial charge in [0.25, 0.3) is 11.5 Å². The molecule has 0 aliphatic heterocycles. The van der Waals surface area contributed by atoms with Gasteiger partial charge in [0.05, 0.1) is 22.8 Å². The average Bonchev–Trinajstić information content (AvgIpc) is 2.94. The number of carbonyl (C=O) groups excluding carboxylic acids is 2. The van der Waals surface area contributed by atoms with Gasteiger partial charge in [-0.1, -0.05) is 66.7 Å². The number of benzene rings is 4. The predicted octanol–water partition coefficient (Wildman–Crippen LogP) is 4.63. The van der Waals surface area contributed by atoms with Gasteiger partial charge in [-0.15, -0.1) is 0 Å². The third-order valence-corrected chi connectivity index (χ3v) is 5.65. The normalized spacial score (nSPS) is 11.0. The number of carbonyl (C=O) groups is 2. The van der Waals surface area contributed by atoms with Gasteiger partial charge in [-0.05, 0) is 42.0 Å². The van der Waals surface area contributed by atoms with Crippen molar-refractivity contribution in [3.05, 3.63) is 130 Å². The number of fused-ring (bicyclic) bond motifs is 1. The number of aldehydes is 1. The fourth-order valence-corrected chi connectivity index (χ4v) is 3.81. The molecule has 0 saturated carbocycles. The topological polar surface area (TPSA) is 93.4 Å². The van der Waals surface area contributed by atoms with Gasteiger partial charge in [-0.2, -0.15) is 5.10 Å². The van der Waals surface area contributed by atoms with Crippen molar-refractivity contribution in [2.75, 3.05) is 0 Å². The monoisotopic (exact) mass is 472 g/mol. The summed E-state index contributed by atoms with van der Waals surface area (Å²) in [7, 11) is 0. The number of para-hydroxylation sites is 1. The van der Waals surface area contributed by atoms with Crippen molar-refractivity contribution in [1.82, 2.24) is 15.0 Å². The van der Waals surface area contributed by atoms with Crippen LogP contribution in [0.15, 0.2) is 113 Å². The first-order valence-corrected chi connectivity index (χ1v) is 11.2. The van der Waals surface area contributed by atoms with Crippen LogP contribution in [0, 0.1) is 0 Å². The zero-order chi connectivity index (χ0) is 24.9. The summed E-state index contributed by atoms with van der Waals surface area (Å²) in [6, 6.07) is 30.2. The molecule has 0 radical (unpaired) electrons. The second-order valence-corrected chi connectivity index (χ2v) is 7.99. The van der Waals surface area contributed by atoms with Gasteiger partial charge in [-0.25, -0.2) is 10.4 Å². The number of amides is 1. The molecule has 7 heteroatoms. The average molecular weight is 473 g/mol. The highest BCUT2D eigenvalue weighted by Gasteiger charge is 2.15. The molecule has 0 aliphatic carbocycles. The maximum atomic E-state index is 13.5.